The number of hydrogen-bond donors (Lipinski definition) is 1. The molecule has 0 aromatic carbocycles. The highest BCUT2D eigenvalue weighted by Crippen LogP contribution is 2.19. The van der Waals surface area contributed by atoms with E-state index >= 15 is 0 Å². The molecule has 1 rings (SSSR count). The zero-order valence-electron chi connectivity index (χ0n) is 10.2. The third-order valence-corrected chi connectivity index (χ3v) is 2.26. The van der Waals surface area contributed by atoms with Crippen LogP contribution in [0.5, 0.6) is 0 Å². The Morgan fingerprint density at radius 3 is 2.81 bits per heavy atom. The molecule has 0 spiro atoms. The van der Waals surface area contributed by atoms with Crippen molar-refractivity contribution >= 4 is 5.69 Å². The second-order valence-electron chi connectivity index (χ2n) is 3.88. The Morgan fingerprint density at radius 1 is 1.56 bits per heavy atom. The van der Waals surface area contributed by atoms with Gasteiger partial charge in [0, 0.05) is 18.8 Å². The topological polar surface area (TPSA) is 57.9 Å². The van der Waals surface area contributed by atoms with Gasteiger partial charge in [0.05, 0.1) is 23.6 Å². The van der Waals surface area contributed by atoms with E-state index in [2.05, 4.69) is 16.4 Å². The minimum Gasteiger partial charge on any atom is -0.383 e. The number of methoxy groups -OCH3 is 1. The highest BCUT2D eigenvalue weighted by molar-refractivity contribution is 5.60. The summed E-state index contributed by atoms with van der Waals surface area (Å²) < 4.78 is 5.05. The van der Waals surface area contributed by atoms with Gasteiger partial charge in [0.1, 0.15) is 6.07 Å². The van der Waals surface area contributed by atoms with E-state index in [1.165, 1.54) is 0 Å². The van der Waals surface area contributed by atoms with Gasteiger partial charge < -0.3 is 10.1 Å². The maximum atomic E-state index is 9.07. The molecule has 0 aliphatic heterocycles. The highest BCUT2D eigenvalue weighted by atomic mass is 16.5. The Balaban J connectivity index is 2.99. The van der Waals surface area contributed by atoms with E-state index in [1.807, 2.05) is 26.8 Å². The van der Waals surface area contributed by atoms with Gasteiger partial charge in [-0.05, 0) is 26.8 Å². The summed E-state index contributed by atoms with van der Waals surface area (Å²) in [5.41, 5.74) is 3.10. The van der Waals surface area contributed by atoms with Crippen LogP contribution in [0.2, 0.25) is 0 Å². The average molecular weight is 219 g/mol. The number of rotatable bonds is 4. The van der Waals surface area contributed by atoms with Crippen LogP contribution < -0.4 is 5.32 Å². The van der Waals surface area contributed by atoms with E-state index in [1.54, 1.807) is 7.11 Å². The first-order valence-corrected chi connectivity index (χ1v) is 5.22. The molecule has 1 unspecified atom stereocenters. The fourth-order valence-electron chi connectivity index (χ4n) is 1.64. The number of nitrogens with one attached hydrogen (secondary N) is 1. The van der Waals surface area contributed by atoms with Gasteiger partial charge in [0.15, 0.2) is 0 Å². The van der Waals surface area contributed by atoms with Crippen LogP contribution in [0.1, 0.15) is 23.9 Å². The normalized spacial score (nSPS) is 11.9. The Kier molecular flexibility index (Phi) is 4.27. The van der Waals surface area contributed by atoms with Crippen LogP contribution in [0.25, 0.3) is 0 Å². The lowest BCUT2D eigenvalue weighted by Gasteiger charge is -2.16. The first-order valence-electron chi connectivity index (χ1n) is 5.22. The summed E-state index contributed by atoms with van der Waals surface area (Å²) in [6.45, 7) is 6.37. The molecular weight excluding hydrogens is 202 g/mol. The second-order valence-corrected chi connectivity index (χ2v) is 3.88. The van der Waals surface area contributed by atoms with Crippen LogP contribution in [-0.4, -0.2) is 24.7 Å². The minimum absolute atomic E-state index is 0.165. The van der Waals surface area contributed by atoms with Crippen LogP contribution in [0.3, 0.4) is 0 Å². The molecule has 1 aromatic heterocycles. The zero-order valence-corrected chi connectivity index (χ0v) is 10.2. The van der Waals surface area contributed by atoms with Crippen LogP contribution in [0, 0.1) is 25.2 Å². The highest BCUT2D eigenvalue weighted by Gasteiger charge is 2.10. The molecule has 0 radical (unpaired) electrons. The number of hydrogen-bond acceptors (Lipinski definition) is 4. The van der Waals surface area contributed by atoms with Gasteiger partial charge in [0.25, 0.3) is 0 Å². The molecule has 4 nitrogen and oxygen atoms in total. The van der Waals surface area contributed by atoms with Crippen molar-refractivity contribution in [2.75, 3.05) is 19.0 Å². The van der Waals surface area contributed by atoms with Gasteiger partial charge in [-0.1, -0.05) is 0 Å². The lowest BCUT2D eigenvalue weighted by Crippen LogP contribution is -2.21. The third kappa shape index (κ3) is 2.94. The number of aromatic nitrogens is 1. The van der Waals surface area contributed by atoms with Crippen molar-refractivity contribution in [1.29, 1.82) is 5.26 Å². The fourth-order valence-corrected chi connectivity index (χ4v) is 1.64. The SMILES string of the molecule is COCC(C)Nc1cc(C)nc(C)c1C#N. The average Bonchev–Trinajstić information content (AvgIpc) is 2.17. The largest absolute Gasteiger partial charge is 0.383 e. The summed E-state index contributed by atoms with van der Waals surface area (Å²) in [4.78, 5) is 4.26. The van der Waals surface area contributed by atoms with Crippen molar-refractivity contribution < 1.29 is 4.74 Å². The first kappa shape index (κ1) is 12.5. The molecule has 16 heavy (non-hydrogen) atoms. The van der Waals surface area contributed by atoms with Crippen molar-refractivity contribution in [1.82, 2.24) is 4.98 Å². The molecule has 1 N–H and O–H groups in total. The molecule has 1 atom stereocenters. The van der Waals surface area contributed by atoms with Gasteiger partial charge in [-0.25, -0.2) is 0 Å². The molecule has 0 saturated heterocycles. The summed E-state index contributed by atoms with van der Waals surface area (Å²) in [5.74, 6) is 0. The van der Waals surface area contributed by atoms with Crippen molar-refractivity contribution in [2.24, 2.45) is 0 Å². The van der Waals surface area contributed by atoms with Gasteiger partial charge in [0.2, 0.25) is 0 Å². The van der Waals surface area contributed by atoms with Crippen molar-refractivity contribution in [3.63, 3.8) is 0 Å². The molecule has 0 fully saturated rings. The molecule has 4 heteroatoms. The Hall–Kier alpha value is -1.60. The number of nitriles is 1. The van der Waals surface area contributed by atoms with Gasteiger partial charge in [-0.3, -0.25) is 4.98 Å². The van der Waals surface area contributed by atoms with Crippen molar-refractivity contribution in [3.05, 3.63) is 23.0 Å². The second kappa shape index (κ2) is 5.47. The van der Waals surface area contributed by atoms with E-state index in [4.69, 9.17) is 10.00 Å². The van der Waals surface area contributed by atoms with E-state index < -0.39 is 0 Å². The summed E-state index contributed by atoms with van der Waals surface area (Å²) >= 11 is 0. The van der Waals surface area contributed by atoms with Crippen molar-refractivity contribution in [3.8, 4) is 6.07 Å². The smallest absolute Gasteiger partial charge is 0.103 e. The molecule has 1 heterocycles. The number of anilines is 1. The van der Waals surface area contributed by atoms with Gasteiger partial charge >= 0.3 is 0 Å². The number of aryl methyl sites for hydroxylation is 2. The van der Waals surface area contributed by atoms with Crippen molar-refractivity contribution in [2.45, 2.75) is 26.8 Å². The monoisotopic (exact) mass is 219 g/mol. The van der Waals surface area contributed by atoms with E-state index in [0.29, 0.717) is 12.2 Å². The summed E-state index contributed by atoms with van der Waals surface area (Å²) in [6, 6.07) is 4.22. The zero-order chi connectivity index (χ0) is 12.1. The first-order chi connectivity index (χ1) is 7.58. The number of nitrogens with zero attached hydrogens (tertiary/aromatic N) is 2. The molecule has 0 aliphatic rings. The fraction of sp³-hybridized carbons (Fsp3) is 0.500. The maximum absolute atomic E-state index is 9.07. The predicted molar refractivity (Wildman–Crippen MR) is 63.4 cm³/mol. The Bertz CT molecular complexity index is 409. The van der Waals surface area contributed by atoms with Crippen LogP contribution >= 0.6 is 0 Å². The minimum atomic E-state index is 0.165. The Labute approximate surface area is 96.3 Å². The third-order valence-electron chi connectivity index (χ3n) is 2.26. The molecule has 0 bridgehead atoms. The lowest BCUT2D eigenvalue weighted by molar-refractivity contribution is 0.190. The summed E-state index contributed by atoms with van der Waals surface area (Å²) in [7, 11) is 1.66. The predicted octanol–water partition coefficient (Wildman–Crippen LogP) is 2.02. The number of ether oxygens (including phenoxy) is 1. The van der Waals surface area contributed by atoms with E-state index in [-0.39, 0.29) is 6.04 Å². The van der Waals surface area contributed by atoms with Gasteiger partial charge in [-0.15, -0.1) is 0 Å². The molecule has 0 amide bonds. The molecule has 0 aliphatic carbocycles. The lowest BCUT2D eigenvalue weighted by atomic mass is 10.1. The van der Waals surface area contributed by atoms with E-state index in [9.17, 15) is 0 Å². The van der Waals surface area contributed by atoms with Crippen LogP contribution in [-0.2, 0) is 4.74 Å². The van der Waals surface area contributed by atoms with Gasteiger partial charge in [-0.2, -0.15) is 5.26 Å². The van der Waals surface area contributed by atoms with Crippen LogP contribution in [0.4, 0.5) is 5.69 Å². The summed E-state index contributed by atoms with van der Waals surface area (Å²) in [6.07, 6.45) is 0. The van der Waals surface area contributed by atoms with E-state index in [0.717, 1.165) is 17.1 Å². The standard InChI is InChI=1S/C12H17N3O/c1-8-5-12(15-9(2)7-16-4)11(6-13)10(3)14-8/h5,9H,7H2,1-4H3,(H,14,15). The molecule has 0 saturated carbocycles. The Morgan fingerprint density at radius 2 is 2.25 bits per heavy atom. The van der Waals surface area contributed by atoms with Crippen LogP contribution in [0.15, 0.2) is 6.07 Å². The molecular formula is C12H17N3O. The molecule has 86 valence electrons. The quantitative estimate of drug-likeness (QED) is 0.841. The molecule has 1 aromatic rings. The number of pyridine rings is 1. The summed E-state index contributed by atoms with van der Waals surface area (Å²) in [5, 5.41) is 12.3. The maximum Gasteiger partial charge on any atom is 0.103 e.